The van der Waals surface area contributed by atoms with E-state index >= 15 is 0 Å². The quantitative estimate of drug-likeness (QED) is 0.603. The van der Waals surface area contributed by atoms with Crippen molar-refractivity contribution in [3.63, 3.8) is 0 Å². The summed E-state index contributed by atoms with van der Waals surface area (Å²) in [5.41, 5.74) is 0.615. The lowest BCUT2D eigenvalue weighted by atomic mass is 10.1. The number of nitrogens with zero attached hydrogens (tertiary/aromatic N) is 3. The van der Waals surface area contributed by atoms with Crippen LogP contribution in [0.1, 0.15) is 20.8 Å². The van der Waals surface area contributed by atoms with Crippen LogP contribution in [0.5, 0.6) is 0 Å². The van der Waals surface area contributed by atoms with Crippen LogP contribution in [0.4, 0.5) is 10.5 Å². The number of pyridine rings is 1. The average molecular weight is 469 g/mol. The molecule has 1 aromatic heterocycles. The summed E-state index contributed by atoms with van der Waals surface area (Å²) in [4.78, 5) is 28.5. The summed E-state index contributed by atoms with van der Waals surface area (Å²) in [6.45, 7) is 8.37. The first-order valence-electron chi connectivity index (χ1n) is 8.67. The first-order valence-corrected chi connectivity index (χ1v) is 9.75. The Kier molecular flexibility index (Phi) is 5.18. The van der Waals surface area contributed by atoms with Crippen molar-refractivity contribution < 1.29 is 9.53 Å². The van der Waals surface area contributed by atoms with Crippen LogP contribution in [-0.2, 0) is 11.8 Å². The minimum atomic E-state index is -0.477. The van der Waals surface area contributed by atoms with E-state index in [-0.39, 0.29) is 11.7 Å². The number of rotatable bonds is 1. The lowest BCUT2D eigenvalue weighted by molar-refractivity contribution is 0.0240. The molecule has 6 nitrogen and oxygen atoms in total. The lowest BCUT2D eigenvalue weighted by Crippen LogP contribution is -2.50. The first-order chi connectivity index (χ1) is 12.2. The minimum Gasteiger partial charge on any atom is -0.444 e. The van der Waals surface area contributed by atoms with Crippen molar-refractivity contribution in [1.82, 2.24) is 9.47 Å². The Morgan fingerprint density at radius 1 is 1.12 bits per heavy atom. The molecule has 1 fully saturated rings. The number of fused-ring (bicyclic) bond motifs is 1. The fourth-order valence-electron chi connectivity index (χ4n) is 3.07. The van der Waals surface area contributed by atoms with Gasteiger partial charge in [0.25, 0.3) is 5.56 Å². The highest BCUT2D eigenvalue weighted by atomic mass is 127. The molecule has 0 unspecified atom stereocenters. The normalized spacial score (nSPS) is 15.4. The van der Waals surface area contributed by atoms with Gasteiger partial charge in [0, 0.05) is 59.5 Å². The molecule has 0 N–H and O–H groups in total. The summed E-state index contributed by atoms with van der Waals surface area (Å²) < 4.78 is 8.11. The van der Waals surface area contributed by atoms with Gasteiger partial charge in [0.05, 0.1) is 0 Å². The summed E-state index contributed by atoms with van der Waals surface area (Å²) in [6.07, 6.45) is 1.60. The maximum absolute atomic E-state index is 12.3. The Morgan fingerprint density at radius 3 is 2.38 bits per heavy atom. The molecule has 0 spiro atoms. The van der Waals surface area contributed by atoms with Crippen LogP contribution >= 0.6 is 22.6 Å². The lowest BCUT2D eigenvalue weighted by Gasteiger charge is -2.36. The standard InChI is InChI=1S/C19H24IN3O3/c1-19(2,3)26-18(25)23-9-7-22(8-10-23)13-5-6-14-15(11-13)16(20)12-21(4)17(14)24/h5-6,11-12H,7-10H2,1-4H3. The number of carbonyl (C=O) groups is 1. The summed E-state index contributed by atoms with van der Waals surface area (Å²) in [5.74, 6) is 0. The molecule has 26 heavy (non-hydrogen) atoms. The van der Waals surface area contributed by atoms with E-state index in [4.69, 9.17) is 4.74 Å². The fraction of sp³-hybridized carbons (Fsp3) is 0.474. The number of ether oxygens (including phenoxy) is 1. The van der Waals surface area contributed by atoms with E-state index in [1.807, 2.05) is 39.1 Å². The third-order valence-corrected chi connectivity index (χ3v) is 5.27. The topological polar surface area (TPSA) is 54.8 Å². The van der Waals surface area contributed by atoms with Crippen molar-refractivity contribution in [2.45, 2.75) is 26.4 Å². The zero-order chi connectivity index (χ0) is 19.1. The Hall–Kier alpha value is -1.77. The molecule has 7 heteroatoms. The van der Waals surface area contributed by atoms with Gasteiger partial charge in [-0.2, -0.15) is 0 Å². The van der Waals surface area contributed by atoms with Crippen molar-refractivity contribution in [1.29, 1.82) is 0 Å². The molecule has 1 aliphatic heterocycles. The van der Waals surface area contributed by atoms with Crippen LogP contribution in [-0.4, -0.2) is 47.3 Å². The first kappa shape index (κ1) is 19.0. The molecule has 2 heterocycles. The molecular weight excluding hydrogens is 445 g/mol. The van der Waals surface area contributed by atoms with E-state index in [2.05, 4.69) is 33.6 Å². The second kappa shape index (κ2) is 7.09. The number of halogens is 1. The van der Waals surface area contributed by atoms with Gasteiger partial charge < -0.3 is 19.1 Å². The summed E-state index contributed by atoms with van der Waals surface area (Å²) in [5, 5.41) is 1.70. The van der Waals surface area contributed by atoms with Gasteiger partial charge in [0.2, 0.25) is 0 Å². The van der Waals surface area contributed by atoms with Gasteiger partial charge in [-0.05, 0) is 61.6 Å². The molecule has 140 valence electrons. The molecule has 0 radical (unpaired) electrons. The summed E-state index contributed by atoms with van der Waals surface area (Å²) in [6, 6.07) is 5.96. The van der Waals surface area contributed by atoms with Crippen LogP contribution in [0.15, 0.2) is 29.2 Å². The molecule has 1 aliphatic rings. The van der Waals surface area contributed by atoms with E-state index in [0.29, 0.717) is 13.1 Å². The molecule has 1 saturated heterocycles. The molecule has 1 amide bonds. The van der Waals surface area contributed by atoms with Crippen molar-refractivity contribution in [2.24, 2.45) is 7.05 Å². The van der Waals surface area contributed by atoms with Gasteiger partial charge in [-0.1, -0.05) is 0 Å². The number of aryl methyl sites for hydroxylation is 1. The van der Waals surface area contributed by atoms with Crippen LogP contribution < -0.4 is 10.5 Å². The number of hydrogen-bond acceptors (Lipinski definition) is 4. The van der Waals surface area contributed by atoms with E-state index in [9.17, 15) is 9.59 Å². The van der Waals surface area contributed by atoms with Crippen molar-refractivity contribution in [3.05, 3.63) is 38.3 Å². The Labute approximate surface area is 166 Å². The maximum Gasteiger partial charge on any atom is 0.410 e. The third-order valence-electron chi connectivity index (χ3n) is 4.41. The molecular formula is C19H24IN3O3. The number of piperazine rings is 1. The third kappa shape index (κ3) is 3.97. The Morgan fingerprint density at radius 2 is 1.77 bits per heavy atom. The fourth-order valence-corrected chi connectivity index (χ4v) is 3.94. The second-order valence-electron chi connectivity index (χ2n) is 7.58. The number of benzene rings is 1. The number of hydrogen-bond donors (Lipinski definition) is 0. The highest BCUT2D eigenvalue weighted by Crippen LogP contribution is 2.25. The SMILES string of the molecule is Cn1cc(I)c2cc(N3CCN(C(=O)OC(C)(C)C)CC3)ccc2c1=O. The van der Waals surface area contributed by atoms with Gasteiger partial charge >= 0.3 is 6.09 Å². The highest BCUT2D eigenvalue weighted by molar-refractivity contribution is 14.1. The van der Waals surface area contributed by atoms with E-state index in [1.165, 1.54) is 0 Å². The predicted octanol–water partition coefficient (Wildman–Crippen LogP) is 3.20. The largest absolute Gasteiger partial charge is 0.444 e. The molecule has 0 aliphatic carbocycles. The average Bonchev–Trinajstić information content (AvgIpc) is 2.58. The number of carbonyl (C=O) groups excluding carboxylic acids is 1. The van der Waals surface area contributed by atoms with Gasteiger partial charge in [-0.3, -0.25) is 4.79 Å². The predicted molar refractivity (Wildman–Crippen MR) is 112 cm³/mol. The molecule has 0 bridgehead atoms. The molecule has 2 aromatic rings. The zero-order valence-corrected chi connectivity index (χ0v) is 17.7. The van der Waals surface area contributed by atoms with Gasteiger partial charge in [0.1, 0.15) is 5.60 Å². The van der Waals surface area contributed by atoms with Crippen molar-refractivity contribution in [2.75, 3.05) is 31.1 Å². The molecule has 1 aromatic carbocycles. The van der Waals surface area contributed by atoms with Gasteiger partial charge in [-0.25, -0.2) is 4.79 Å². The van der Waals surface area contributed by atoms with E-state index in [1.54, 1.807) is 16.5 Å². The van der Waals surface area contributed by atoms with Crippen LogP contribution in [0.3, 0.4) is 0 Å². The maximum atomic E-state index is 12.3. The smallest absolute Gasteiger partial charge is 0.410 e. The van der Waals surface area contributed by atoms with Crippen LogP contribution in [0, 0.1) is 3.57 Å². The number of anilines is 1. The summed E-state index contributed by atoms with van der Waals surface area (Å²) >= 11 is 2.26. The van der Waals surface area contributed by atoms with Gasteiger partial charge in [0.15, 0.2) is 0 Å². The summed E-state index contributed by atoms with van der Waals surface area (Å²) in [7, 11) is 1.77. The molecule has 0 atom stereocenters. The van der Waals surface area contributed by atoms with Crippen molar-refractivity contribution in [3.8, 4) is 0 Å². The monoisotopic (exact) mass is 469 g/mol. The highest BCUT2D eigenvalue weighted by Gasteiger charge is 2.26. The second-order valence-corrected chi connectivity index (χ2v) is 8.74. The van der Waals surface area contributed by atoms with Crippen LogP contribution in [0.2, 0.25) is 0 Å². The van der Waals surface area contributed by atoms with E-state index < -0.39 is 5.60 Å². The molecule has 0 saturated carbocycles. The number of amides is 1. The zero-order valence-electron chi connectivity index (χ0n) is 15.6. The van der Waals surface area contributed by atoms with Crippen molar-refractivity contribution >= 4 is 45.1 Å². The minimum absolute atomic E-state index is 0.0155. The van der Waals surface area contributed by atoms with E-state index in [0.717, 1.165) is 33.1 Å². The number of aromatic nitrogens is 1. The van der Waals surface area contributed by atoms with Gasteiger partial charge in [-0.15, -0.1) is 0 Å². The van der Waals surface area contributed by atoms with Crippen LogP contribution in [0.25, 0.3) is 10.8 Å². The Bertz CT molecular complexity index is 893. The Balaban J connectivity index is 1.76. The molecule has 3 rings (SSSR count).